The number of rotatable bonds is 2. The lowest BCUT2D eigenvalue weighted by molar-refractivity contribution is -0.127. The number of carbonyl (C=O) groups is 2. The van der Waals surface area contributed by atoms with Crippen LogP contribution in [-0.4, -0.2) is 34.5 Å². The number of hydrogen-bond donors (Lipinski definition) is 2. The number of hydrogen-bond acceptors (Lipinski definition) is 4. The topological polar surface area (TPSA) is 74.6 Å². The zero-order valence-electron chi connectivity index (χ0n) is 6.18. The van der Waals surface area contributed by atoms with E-state index in [-0.39, 0.29) is 11.9 Å². The van der Waals surface area contributed by atoms with Gasteiger partial charge in [0.25, 0.3) is 0 Å². The van der Waals surface area contributed by atoms with E-state index in [1.807, 2.05) is 0 Å². The molecule has 0 saturated carbocycles. The average Bonchev–Trinajstić information content (AvgIpc) is 2.10. The van der Waals surface area contributed by atoms with E-state index in [1.165, 1.54) is 12.2 Å². The predicted molar refractivity (Wildman–Crippen MR) is 40.3 cm³/mol. The maximum absolute atomic E-state index is 10.3. The van der Waals surface area contributed by atoms with Crippen molar-refractivity contribution in [2.75, 3.05) is 0 Å². The maximum atomic E-state index is 10.3. The first-order valence-corrected chi connectivity index (χ1v) is 3.35. The molecule has 0 fully saturated rings. The summed E-state index contributed by atoms with van der Waals surface area (Å²) in [6.45, 7) is 0. The molecular formula is C8H8O4. The van der Waals surface area contributed by atoms with Gasteiger partial charge in [0.15, 0.2) is 11.9 Å². The van der Waals surface area contributed by atoms with E-state index in [0.29, 0.717) is 6.29 Å². The van der Waals surface area contributed by atoms with Gasteiger partial charge in [0.2, 0.25) is 0 Å². The van der Waals surface area contributed by atoms with E-state index < -0.39 is 11.7 Å². The third-order valence-corrected chi connectivity index (χ3v) is 1.73. The van der Waals surface area contributed by atoms with Crippen molar-refractivity contribution in [2.45, 2.75) is 11.7 Å². The standard InChI is InChI=1S/C8H8O4/c9-4-6-2-1-3-8(12,5-10)7(6)11/h1-5,7,11-12H. The first-order chi connectivity index (χ1) is 5.64. The number of aldehydes is 2. The van der Waals surface area contributed by atoms with Crippen molar-refractivity contribution in [3.8, 4) is 0 Å². The molecule has 0 aromatic carbocycles. The molecule has 2 atom stereocenters. The summed E-state index contributed by atoms with van der Waals surface area (Å²) >= 11 is 0. The van der Waals surface area contributed by atoms with Crippen molar-refractivity contribution in [1.29, 1.82) is 0 Å². The van der Waals surface area contributed by atoms with Gasteiger partial charge in [-0.2, -0.15) is 0 Å². The van der Waals surface area contributed by atoms with Gasteiger partial charge in [-0.15, -0.1) is 0 Å². The molecule has 0 amide bonds. The Labute approximate surface area is 68.8 Å². The molecule has 12 heavy (non-hydrogen) atoms. The fourth-order valence-corrected chi connectivity index (χ4v) is 0.970. The third kappa shape index (κ3) is 1.22. The Hall–Kier alpha value is -1.26. The van der Waals surface area contributed by atoms with E-state index >= 15 is 0 Å². The Kier molecular flexibility index (Phi) is 2.21. The molecule has 0 radical (unpaired) electrons. The lowest BCUT2D eigenvalue weighted by Gasteiger charge is -2.26. The summed E-state index contributed by atoms with van der Waals surface area (Å²) in [5, 5.41) is 18.6. The quantitative estimate of drug-likeness (QED) is 0.517. The summed E-state index contributed by atoms with van der Waals surface area (Å²) in [6.07, 6.45) is 2.98. The van der Waals surface area contributed by atoms with Crippen LogP contribution < -0.4 is 0 Å². The summed E-state index contributed by atoms with van der Waals surface area (Å²) in [5.41, 5.74) is -1.96. The molecule has 0 aliphatic heterocycles. The van der Waals surface area contributed by atoms with Gasteiger partial charge in [0.05, 0.1) is 0 Å². The van der Waals surface area contributed by atoms with Crippen molar-refractivity contribution in [3.05, 3.63) is 23.8 Å². The Bertz CT molecular complexity index is 266. The molecule has 0 spiro atoms. The van der Waals surface area contributed by atoms with Crippen LogP contribution in [0.2, 0.25) is 0 Å². The molecule has 4 heteroatoms. The molecule has 2 N–H and O–H groups in total. The molecule has 0 aromatic heterocycles. The highest BCUT2D eigenvalue weighted by molar-refractivity contribution is 5.81. The number of carbonyl (C=O) groups excluding carboxylic acids is 2. The second-order valence-corrected chi connectivity index (χ2v) is 2.55. The van der Waals surface area contributed by atoms with Crippen molar-refractivity contribution in [3.63, 3.8) is 0 Å². The normalized spacial score (nSPS) is 34.2. The van der Waals surface area contributed by atoms with Gasteiger partial charge in [0, 0.05) is 5.57 Å². The summed E-state index contributed by atoms with van der Waals surface area (Å²) in [7, 11) is 0. The molecule has 0 aromatic rings. The molecule has 64 valence electrons. The Morgan fingerprint density at radius 1 is 1.50 bits per heavy atom. The molecule has 1 aliphatic carbocycles. The first kappa shape index (κ1) is 8.83. The van der Waals surface area contributed by atoms with Crippen LogP contribution >= 0.6 is 0 Å². The summed E-state index contributed by atoms with van der Waals surface area (Å²) < 4.78 is 0. The van der Waals surface area contributed by atoms with Crippen molar-refractivity contribution < 1.29 is 19.8 Å². The van der Waals surface area contributed by atoms with Crippen LogP contribution in [0.4, 0.5) is 0 Å². The zero-order valence-corrected chi connectivity index (χ0v) is 6.18. The van der Waals surface area contributed by atoms with Crippen LogP contribution in [-0.2, 0) is 9.59 Å². The minimum absolute atomic E-state index is 0.00731. The van der Waals surface area contributed by atoms with Crippen molar-refractivity contribution in [1.82, 2.24) is 0 Å². The minimum atomic E-state index is -1.95. The highest BCUT2D eigenvalue weighted by Gasteiger charge is 2.36. The summed E-state index contributed by atoms with van der Waals surface area (Å²) in [5.74, 6) is 0. The minimum Gasteiger partial charge on any atom is -0.384 e. The van der Waals surface area contributed by atoms with Gasteiger partial charge >= 0.3 is 0 Å². The van der Waals surface area contributed by atoms with E-state index in [4.69, 9.17) is 0 Å². The van der Waals surface area contributed by atoms with Crippen LogP contribution in [0.1, 0.15) is 0 Å². The van der Waals surface area contributed by atoms with Crippen molar-refractivity contribution >= 4 is 12.6 Å². The summed E-state index contributed by atoms with van der Waals surface area (Å²) in [6, 6.07) is 0. The summed E-state index contributed by atoms with van der Waals surface area (Å²) in [4.78, 5) is 20.6. The second kappa shape index (κ2) is 3.00. The van der Waals surface area contributed by atoms with E-state index in [2.05, 4.69) is 0 Å². The molecule has 2 unspecified atom stereocenters. The molecule has 1 aliphatic rings. The number of aliphatic hydroxyl groups is 2. The zero-order chi connectivity index (χ0) is 9.19. The van der Waals surface area contributed by atoms with Gasteiger partial charge < -0.3 is 10.2 Å². The van der Waals surface area contributed by atoms with Crippen LogP contribution in [0.3, 0.4) is 0 Å². The van der Waals surface area contributed by atoms with Crippen LogP contribution in [0.5, 0.6) is 0 Å². The third-order valence-electron chi connectivity index (χ3n) is 1.73. The van der Waals surface area contributed by atoms with Gasteiger partial charge in [-0.3, -0.25) is 9.59 Å². The molecule has 0 saturated heterocycles. The highest BCUT2D eigenvalue weighted by Crippen LogP contribution is 2.20. The van der Waals surface area contributed by atoms with E-state index in [9.17, 15) is 19.8 Å². The predicted octanol–water partition coefficient (Wildman–Crippen LogP) is -1.03. The average molecular weight is 168 g/mol. The fraction of sp³-hybridized carbons (Fsp3) is 0.250. The van der Waals surface area contributed by atoms with Gasteiger partial charge in [-0.25, -0.2) is 0 Å². The van der Waals surface area contributed by atoms with E-state index in [1.54, 1.807) is 0 Å². The van der Waals surface area contributed by atoms with Gasteiger partial charge in [-0.05, 0) is 6.08 Å². The largest absolute Gasteiger partial charge is 0.384 e. The second-order valence-electron chi connectivity index (χ2n) is 2.55. The first-order valence-electron chi connectivity index (χ1n) is 3.35. The lowest BCUT2D eigenvalue weighted by atomic mass is 9.88. The highest BCUT2D eigenvalue weighted by atomic mass is 16.3. The van der Waals surface area contributed by atoms with Crippen molar-refractivity contribution in [2.24, 2.45) is 0 Å². The lowest BCUT2D eigenvalue weighted by Crippen LogP contribution is -2.44. The number of aliphatic hydroxyl groups excluding tert-OH is 1. The number of allylic oxidation sites excluding steroid dienone is 2. The SMILES string of the molecule is O=CC1=CC=CC(O)(C=O)C1O. The monoisotopic (exact) mass is 168 g/mol. The van der Waals surface area contributed by atoms with Crippen LogP contribution in [0.25, 0.3) is 0 Å². The molecule has 0 heterocycles. The van der Waals surface area contributed by atoms with Gasteiger partial charge in [-0.1, -0.05) is 12.2 Å². The fourth-order valence-electron chi connectivity index (χ4n) is 0.970. The molecule has 0 bridgehead atoms. The van der Waals surface area contributed by atoms with E-state index in [0.717, 1.165) is 6.08 Å². The Balaban J connectivity index is 3.02. The molecule has 4 nitrogen and oxygen atoms in total. The smallest absolute Gasteiger partial charge is 0.168 e. The maximum Gasteiger partial charge on any atom is 0.168 e. The molecule has 1 rings (SSSR count). The van der Waals surface area contributed by atoms with Crippen LogP contribution in [0, 0.1) is 0 Å². The van der Waals surface area contributed by atoms with Crippen LogP contribution in [0.15, 0.2) is 23.8 Å². The Morgan fingerprint density at radius 3 is 2.67 bits per heavy atom. The van der Waals surface area contributed by atoms with Gasteiger partial charge in [0.1, 0.15) is 12.4 Å². The molecular weight excluding hydrogens is 160 g/mol. The Morgan fingerprint density at radius 2 is 2.17 bits per heavy atom.